The number of benzene rings is 1. The third-order valence-electron chi connectivity index (χ3n) is 3.10. The van der Waals surface area contributed by atoms with E-state index >= 15 is 0 Å². The van der Waals surface area contributed by atoms with Gasteiger partial charge in [0.2, 0.25) is 0 Å². The molecule has 1 atom stereocenters. The number of rotatable bonds is 1. The van der Waals surface area contributed by atoms with Gasteiger partial charge in [0.1, 0.15) is 5.82 Å². The average molecular weight is 267 g/mol. The van der Waals surface area contributed by atoms with Crippen LogP contribution in [-0.4, -0.2) is 0 Å². The third-order valence-corrected chi connectivity index (χ3v) is 3.42. The van der Waals surface area contributed by atoms with Crippen LogP contribution in [0.2, 0.25) is 0 Å². The summed E-state index contributed by atoms with van der Waals surface area (Å²) < 4.78 is 0. The number of aryl methyl sites for hydroxylation is 1. The zero-order valence-corrected chi connectivity index (χ0v) is 11.1. The zero-order chi connectivity index (χ0) is 14.0. The van der Waals surface area contributed by atoms with Crippen LogP contribution in [0.3, 0.4) is 0 Å². The topological polar surface area (TPSA) is 85.6 Å². The molecule has 0 fully saturated rings. The molecule has 1 aliphatic rings. The van der Waals surface area contributed by atoms with Crippen LogP contribution in [0.25, 0.3) is 0 Å². The summed E-state index contributed by atoms with van der Waals surface area (Å²) in [6.07, 6.45) is 0. The second-order valence-electron chi connectivity index (χ2n) is 4.21. The van der Waals surface area contributed by atoms with Gasteiger partial charge in [0.05, 0.1) is 23.6 Å². The van der Waals surface area contributed by atoms with Gasteiger partial charge in [0.25, 0.3) is 0 Å². The van der Waals surface area contributed by atoms with Crippen molar-refractivity contribution in [1.29, 1.82) is 10.5 Å². The molecule has 0 aliphatic carbocycles. The Balaban J connectivity index is 2.69. The van der Waals surface area contributed by atoms with Crippen molar-refractivity contribution >= 4 is 12.6 Å². The number of nitrogens with zero attached hydrogens (tertiary/aromatic N) is 2. The van der Waals surface area contributed by atoms with Crippen LogP contribution >= 0.6 is 0 Å². The maximum Gasteiger partial charge on any atom is 0.114 e. The van der Waals surface area contributed by atoms with Crippen LogP contribution in [0.15, 0.2) is 46.3 Å². The van der Waals surface area contributed by atoms with Gasteiger partial charge in [-0.3, -0.25) is 0 Å². The number of dihydropyridines is 1. The monoisotopic (exact) mass is 267 g/mol. The van der Waals surface area contributed by atoms with E-state index in [1.54, 1.807) is 0 Å². The fraction of sp³-hybridized carbons (Fsp3) is 0.143. The lowest BCUT2D eigenvalue weighted by atomic mass is 9.82. The summed E-state index contributed by atoms with van der Waals surface area (Å²) in [4.78, 5) is 0. The average Bonchev–Trinajstić information content (AvgIpc) is 2.38. The highest BCUT2D eigenvalue weighted by atomic mass is 32.1. The maximum absolute atomic E-state index is 9.30. The predicted octanol–water partition coefficient (Wildman–Crippen LogP) is 1.66. The smallest absolute Gasteiger partial charge is 0.114 e. The van der Waals surface area contributed by atoms with E-state index in [1.165, 1.54) is 0 Å². The Morgan fingerprint density at radius 3 is 2.42 bits per heavy atom. The lowest BCUT2D eigenvalue weighted by Gasteiger charge is -2.31. The molecule has 19 heavy (non-hydrogen) atoms. The molecule has 1 aromatic rings. The molecule has 0 spiro atoms. The van der Waals surface area contributed by atoms with Crippen LogP contribution in [0.5, 0.6) is 0 Å². The molecule has 1 aromatic carbocycles. The van der Waals surface area contributed by atoms with E-state index in [-0.39, 0.29) is 10.9 Å². The van der Waals surface area contributed by atoms with Crippen molar-refractivity contribution in [2.24, 2.45) is 5.73 Å². The van der Waals surface area contributed by atoms with Crippen LogP contribution < -0.4 is 11.1 Å². The lowest BCUT2D eigenvalue weighted by molar-refractivity contribution is 0.836. The molecule has 3 N–H and O–H groups in total. The number of allylic oxidation sites excluding steroid dienone is 2. The number of nitriles is 2. The molecule has 0 saturated carbocycles. The van der Waals surface area contributed by atoms with Crippen molar-refractivity contribution in [3.05, 3.63) is 57.4 Å². The van der Waals surface area contributed by atoms with Gasteiger partial charge in [-0.15, -0.1) is 0 Å². The minimum atomic E-state index is -0.482. The molecular weight excluding hydrogens is 256 g/mol. The first kappa shape index (κ1) is 12.9. The van der Waals surface area contributed by atoms with E-state index in [0.29, 0.717) is 11.1 Å². The van der Waals surface area contributed by atoms with Gasteiger partial charge < -0.3 is 23.7 Å². The van der Waals surface area contributed by atoms with E-state index in [0.717, 1.165) is 11.1 Å². The first-order valence-electron chi connectivity index (χ1n) is 5.63. The van der Waals surface area contributed by atoms with Gasteiger partial charge in [-0.05, 0) is 18.1 Å². The van der Waals surface area contributed by atoms with Gasteiger partial charge in [-0.1, -0.05) is 29.3 Å². The van der Waals surface area contributed by atoms with E-state index in [1.807, 2.05) is 31.2 Å². The van der Waals surface area contributed by atoms with E-state index in [4.69, 9.17) is 18.4 Å². The Labute approximate surface area is 117 Å². The Morgan fingerprint density at radius 1 is 1.21 bits per heavy atom. The summed E-state index contributed by atoms with van der Waals surface area (Å²) in [5.74, 6) is -0.260. The highest BCUT2D eigenvalue weighted by Crippen LogP contribution is 2.37. The zero-order valence-electron chi connectivity index (χ0n) is 10.3. The SMILES string of the molecule is Cc1ccccc1C1C(C#N)=C(N)NC([S-])=C1C#N. The van der Waals surface area contributed by atoms with Crippen molar-refractivity contribution in [1.82, 2.24) is 5.32 Å². The second kappa shape index (κ2) is 5.01. The van der Waals surface area contributed by atoms with Crippen LogP contribution in [0.4, 0.5) is 0 Å². The fourth-order valence-electron chi connectivity index (χ4n) is 2.15. The highest BCUT2D eigenvalue weighted by Gasteiger charge is 2.28. The number of nitrogens with two attached hydrogens (primary N) is 1. The molecule has 0 aromatic heterocycles. The number of hydrogen-bond donors (Lipinski definition) is 2. The number of nitrogens with one attached hydrogen (secondary N) is 1. The van der Waals surface area contributed by atoms with E-state index in [2.05, 4.69) is 17.5 Å². The van der Waals surface area contributed by atoms with E-state index in [9.17, 15) is 10.5 Å². The summed E-state index contributed by atoms with van der Waals surface area (Å²) in [7, 11) is 0. The minimum absolute atomic E-state index is 0.222. The molecule has 4 nitrogen and oxygen atoms in total. The number of hydrogen-bond acceptors (Lipinski definition) is 5. The van der Waals surface area contributed by atoms with Crippen molar-refractivity contribution in [3.63, 3.8) is 0 Å². The Bertz CT molecular complexity index is 637. The Kier molecular flexibility index (Phi) is 3.41. The van der Waals surface area contributed by atoms with Crippen LogP contribution in [0, 0.1) is 29.6 Å². The molecule has 94 valence electrons. The molecule has 2 rings (SSSR count). The fourth-order valence-corrected chi connectivity index (χ4v) is 2.42. The standard InChI is InChI=1S/C14H12N4S/c1-8-4-2-3-5-9(8)12-10(6-15)13(17)18-14(19)11(12)7-16/h2-5,12,18-19H,17H2,1H3/p-1. The summed E-state index contributed by atoms with van der Waals surface area (Å²) in [6.45, 7) is 1.93. The van der Waals surface area contributed by atoms with Crippen molar-refractivity contribution in [3.8, 4) is 12.1 Å². The van der Waals surface area contributed by atoms with Crippen molar-refractivity contribution in [2.75, 3.05) is 0 Å². The summed E-state index contributed by atoms with van der Waals surface area (Å²) >= 11 is 5.13. The van der Waals surface area contributed by atoms with Crippen molar-refractivity contribution in [2.45, 2.75) is 12.8 Å². The molecular formula is C14H11N4S-. The first-order valence-corrected chi connectivity index (χ1v) is 6.04. The summed E-state index contributed by atoms with van der Waals surface area (Å²) in [5, 5.41) is 21.6. The molecule has 0 saturated heterocycles. The molecule has 0 radical (unpaired) electrons. The minimum Gasteiger partial charge on any atom is -0.761 e. The van der Waals surface area contributed by atoms with Crippen molar-refractivity contribution < 1.29 is 0 Å². The van der Waals surface area contributed by atoms with Crippen LogP contribution in [-0.2, 0) is 12.6 Å². The Morgan fingerprint density at radius 2 is 1.84 bits per heavy atom. The van der Waals surface area contributed by atoms with Gasteiger partial charge in [-0.25, -0.2) is 0 Å². The molecule has 1 aliphatic heterocycles. The third kappa shape index (κ3) is 2.12. The predicted molar refractivity (Wildman–Crippen MR) is 73.9 cm³/mol. The summed E-state index contributed by atoms with van der Waals surface area (Å²) in [5.41, 5.74) is 8.37. The second-order valence-corrected chi connectivity index (χ2v) is 4.62. The van der Waals surface area contributed by atoms with Gasteiger partial charge >= 0.3 is 0 Å². The van der Waals surface area contributed by atoms with Gasteiger partial charge in [-0.2, -0.15) is 10.5 Å². The van der Waals surface area contributed by atoms with Crippen LogP contribution in [0.1, 0.15) is 17.0 Å². The first-order chi connectivity index (χ1) is 9.10. The molecule has 0 amide bonds. The van der Waals surface area contributed by atoms with Gasteiger partial charge in [0.15, 0.2) is 0 Å². The van der Waals surface area contributed by atoms with E-state index < -0.39 is 5.92 Å². The molecule has 1 heterocycles. The molecule has 5 heteroatoms. The molecule has 0 bridgehead atoms. The van der Waals surface area contributed by atoms with Gasteiger partial charge in [0, 0.05) is 5.57 Å². The lowest BCUT2D eigenvalue weighted by Crippen LogP contribution is -2.29. The summed E-state index contributed by atoms with van der Waals surface area (Å²) in [6, 6.07) is 11.8. The molecule has 1 unspecified atom stereocenters. The quantitative estimate of drug-likeness (QED) is 0.756. The highest BCUT2D eigenvalue weighted by molar-refractivity contribution is 7.63. The largest absolute Gasteiger partial charge is 0.761 e. The maximum atomic E-state index is 9.30. The Hall–Kier alpha value is -2.50. The normalized spacial score (nSPS) is 18.6.